The Kier molecular flexibility index (Phi) is 2.52. The van der Waals surface area contributed by atoms with Crippen LogP contribution in [0.3, 0.4) is 0 Å². The second-order valence-corrected chi connectivity index (χ2v) is 3.26. The molecule has 0 saturated heterocycles. The minimum absolute atomic E-state index is 0.133. The molecule has 1 rings (SSSR count). The lowest BCUT2D eigenvalue weighted by molar-refractivity contribution is -0.123. The Labute approximate surface area is 77.0 Å². The normalized spacial score (nSPS) is 14.5. The summed E-state index contributed by atoms with van der Waals surface area (Å²) in [6.45, 7) is 3.05. The molecule has 0 amide bonds. The topological polar surface area (TPSA) is 54.0 Å². The van der Waals surface area contributed by atoms with E-state index < -0.39 is 5.41 Å². The molecule has 13 heavy (non-hydrogen) atoms. The van der Waals surface area contributed by atoms with Crippen molar-refractivity contribution in [2.45, 2.75) is 20.3 Å². The number of carbonyl (C=O) groups is 1. The Morgan fingerprint density at radius 2 is 2.46 bits per heavy atom. The highest BCUT2D eigenvalue weighted by Gasteiger charge is 2.30. The number of ketones is 1. The van der Waals surface area contributed by atoms with Crippen LogP contribution in [0.15, 0.2) is 22.8 Å². The van der Waals surface area contributed by atoms with Crippen LogP contribution in [0.4, 0.5) is 0 Å². The van der Waals surface area contributed by atoms with Crippen molar-refractivity contribution in [3.05, 3.63) is 24.2 Å². The molecule has 0 radical (unpaired) electrons. The lowest BCUT2D eigenvalue weighted by Gasteiger charge is -2.15. The molecule has 3 heteroatoms. The highest BCUT2D eigenvalue weighted by Crippen LogP contribution is 2.22. The van der Waals surface area contributed by atoms with E-state index in [9.17, 15) is 4.79 Å². The summed E-state index contributed by atoms with van der Waals surface area (Å²) in [6, 6.07) is 5.51. The van der Waals surface area contributed by atoms with E-state index in [1.165, 1.54) is 13.2 Å². The molecule has 0 aliphatic carbocycles. The minimum atomic E-state index is -0.960. The molecular formula is C10H11NO2. The SMILES string of the molecule is CC(=O)C(C)(C#N)Cc1ccco1. The van der Waals surface area contributed by atoms with E-state index in [0.29, 0.717) is 12.2 Å². The number of Topliss-reactive ketones (excluding diaryl/α,β-unsaturated/α-hetero) is 1. The summed E-state index contributed by atoms with van der Waals surface area (Å²) in [6.07, 6.45) is 1.87. The van der Waals surface area contributed by atoms with E-state index >= 15 is 0 Å². The first-order valence-corrected chi connectivity index (χ1v) is 4.03. The van der Waals surface area contributed by atoms with E-state index in [1.54, 1.807) is 19.1 Å². The number of carbonyl (C=O) groups excluding carboxylic acids is 1. The van der Waals surface area contributed by atoms with Gasteiger partial charge in [-0.25, -0.2) is 0 Å². The van der Waals surface area contributed by atoms with Gasteiger partial charge in [-0.1, -0.05) is 0 Å². The maximum Gasteiger partial charge on any atom is 0.150 e. The fraction of sp³-hybridized carbons (Fsp3) is 0.400. The zero-order valence-corrected chi connectivity index (χ0v) is 7.70. The van der Waals surface area contributed by atoms with Crippen LogP contribution < -0.4 is 0 Å². The van der Waals surface area contributed by atoms with Gasteiger partial charge in [-0.2, -0.15) is 5.26 Å². The summed E-state index contributed by atoms with van der Waals surface area (Å²) < 4.78 is 5.08. The van der Waals surface area contributed by atoms with Crippen LogP contribution in [-0.4, -0.2) is 5.78 Å². The van der Waals surface area contributed by atoms with Crippen LogP contribution in [0.5, 0.6) is 0 Å². The van der Waals surface area contributed by atoms with Crippen molar-refractivity contribution in [3.8, 4) is 6.07 Å². The van der Waals surface area contributed by atoms with Gasteiger partial charge >= 0.3 is 0 Å². The van der Waals surface area contributed by atoms with Crippen LogP contribution >= 0.6 is 0 Å². The van der Waals surface area contributed by atoms with Gasteiger partial charge < -0.3 is 4.42 Å². The third-order valence-electron chi connectivity index (χ3n) is 2.13. The molecule has 0 fully saturated rings. The first kappa shape index (κ1) is 9.53. The molecule has 0 aromatic carbocycles. The van der Waals surface area contributed by atoms with Crippen molar-refractivity contribution in [2.24, 2.45) is 5.41 Å². The van der Waals surface area contributed by atoms with E-state index in [2.05, 4.69) is 0 Å². The zero-order valence-electron chi connectivity index (χ0n) is 7.70. The van der Waals surface area contributed by atoms with Crippen molar-refractivity contribution in [1.29, 1.82) is 5.26 Å². The molecule has 1 heterocycles. The summed E-state index contributed by atoms with van der Waals surface area (Å²) in [4.78, 5) is 11.2. The van der Waals surface area contributed by atoms with Gasteiger partial charge in [-0.3, -0.25) is 4.79 Å². The predicted molar refractivity (Wildman–Crippen MR) is 46.8 cm³/mol. The number of hydrogen-bond acceptors (Lipinski definition) is 3. The maximum absolute atomic E-state index is 11.2. The van der Waals surface area contributed by atoms with Crippen molar-refractivity contribution in [2.75, 3.05) is 0 Å². The van der Waals surface area contributed by atoms with E-state index in [1.807, 2.05) is 6.07 Å². The van der Waals surface area contributed by atoms with Gasteiger partial charge in [0, 0.05) is 6.42 Å². The molecule has 0 aliphatic rings. The summed E-state index contributed by atoms with van der Waals surface area (Å²) in [5.74, 6) is 0.533. The predicted octanol–water partition coefficient (Wildman–Crippen LogP) is 1.94. The van der Waals surface area contributed by atoms with Crippen LogP contribution in [0.25, 0.3) is 0 Å². The second kappa shape index (κ2) is 3.44. The molecule has 1 atom stereocenters. The smallest absolute Gasteiger partial charge is 0.150 e. The number of furan rings is 1. The van der Waals surface area contributed by atoms with E-state index in [0.717, 1.165) is 0 Å². The quantitative estimate of drug-likeness (QED) is 0.708. The van der Waals surface area contributed by atoms with Gasteiger partial charge in [0.05, 0.1) is 12.3 Å². The maximum atomic E-state index is 11.2. The Balaban J connectivity index is 2.83. The number of nitrogens with zero attached hydrogens (tertiary/aromatic N) is 1. The zero-order chi connectivity index (χ0) is 9.90. The standard InChI is InChI=1S/C10H11NO2/c1-8(12)10(2,7-11)6-9-4-3-5-13-9/h3-5H,6H2,1-2H3. The van der Waals surface area contributed by atoms with E-state index in [-0.39, 0.29) is 5.78 Å². The molecule has 0 bridgehead atoms. The number of rotatable bonds is 3. The Morgan fingerprint density at radius 1 is 1.77 bits per heavy atom. The van der Waals surface area contributed by atoms with Gasteiger partial charge in [0.25, 0.3) is 0 Å². The molecule has 68 valence electrons. The molecule has 3 nitrogen and oxygen atoms in total. The number of hydrogen-bond donors (Lipinski definition) is 0. The van der Waals surface area contributed by atoms with Crippen LogP contribution in [-0.2, 0) is 11.2 Å². The van der Waals surface area contributed by atoms with Crippen molar-refractivity contribution in [3.63, 3.8) is 0 Å². The minimum Gasteiger partial charge on any atom is -0.469 e. The average molecular weight is 177 g/mol. The van der Waals surface area contributed by atoms with Gasteiger partial charge in [-0.05, 0) is 26.0 Å². The van der Waals surface area contributed by atoms with Gasteiger partial charge in [0.15, 0.2) is 0 Å². The summed E-state index contributed by atoms with van der Waals surface area (Å²) >= 11 is 0. The molecule has 0 N–H and O–H groups in total. The fourth-order valence-electron chi connectivity index (χ4n) is 1.00. The third kappa shape index (κ3) is 1.97. The van der Waals surface area contributed by atoms with Crippen molar-refractivity contribution in [1.82, 2.24) is 0 Å². The van der Waals surface area contributed by atoms with Crippen LogP contribution in [0.2, 0.25) is 0 Å². The second-order valence-electron chi connectivity index (χ2n) is 3.26. The molecule has 1 aromatic heterocycles. The molecule has 1 aromatic rings. The molecule has 0 aliphatic heterocycles. The van der Waals surface area contributed by atoms with Gasteiger partial charge in [0.1, 0.15) is 17.0 Å². The largest absolute Gasteiger partial charge is 0.469 e. The molecule has 0 spiro atoms. The van der Waals surface area contributed by atoms with Crippen molar-refractivity contribution < 1.29 is 9.21 Å². The summed E-state index contributed by atoms with van der Waals surface area (Å²) in [5, 5.41) is 8.84. The lowest BCUT2D eigenvalue weighted by atomic mass is 9.84. The van der Waals surface area contributed by atoms with E-state index in [4.69, 9.17) is 9.68 Å². The fourth-order valence-corrected chi connectivity index (χ4v) is 1.00. The third-order valence-corrected chi connectivity index (χ3v) is 2.13. The average Bonchev–Trinajstić information content (AvgIpc) is 2.56. The van der Waals surface area contributed by atoms with Crippen LogP contribution in [0.1, 0.15) is 19.6 Å². The molecule has 0 saturated carbocycles. The summed E-state index contributed by atoms with van der Waals surface area (Å²) in [5.41, 5.74) is -0.960. The molecular weight excluding hydrogens is 166 g/mol. The Hall–Kier alpha value is -1.56. The highest BCUT2D eigenvalue weighted by atomic mass is 16.3. The van der Waals surface area contributed by atoms with Crippen LogP contribution in [0, 0.1) is 16.7 Å². The highest BCUT2D eigenvalue weighted by molar-refractivity contribution is 5.84. The first-order valence-electron chi connectivity index (χ1n) is 4.03. The molecule has 1 unspecified atom stereocenters. The first-order chi connectivity index (χ1) is 6.08. The van der Waals surface area contributed by atoms with Gasteiger partial charge in [0.2, 0.25) is 0 Å². The number of nitriles is 1. The Bertz CT molecular complexity index is 334. The monoisotopic (exact) mass is 177 g/mol. The van der Waals surface area contributed by atoms with Gasteiger partial charge in [-0.15, -0.1) is 0 Å². The summed E-state index contributed by atoms with van der Waals surface area (Å²) in [7, 11) is 0. The lowest BCUT2D eigenvalue weighted by Crippen LogP contribution is -2.25. The van der Waals surface area contributed by atoms with Crippen molar-refractivity contribution >= 4 is 5.78 Å². The Morgan fingerprint density at radius 3 is 2.85 bits per heavy atom.